The Morgan fingerprint density at radius 3 is 2.79 bits per heavy atom. The zero-order valence-corrected chi connectivity index (χ0v) is 16.3. The number of hydrogen-bond acceptors (Lipinski definition) is 5. The SMILES string of the molecule is CC(N)C1CCCCN1Cc1ccc2c(c1)CN(C1CCC(=O)NC1=O)C2=O. The maximum absolute atomic E-state index is 12.8. The standard InChI is InChI=1S/C21H28N4O3/c1-13(22)17-4-2-3-9-24(17)11-14-5-6-16-15(10-14)12-25(21(16)28)18-7-8-19(26)23-20(18)27/h5-6,10,13,17-18H,2-4,7-9,11-12,22H2,1H3,(H,23,26,27). The van der Waals surface area contributed by atoms with E-state index in [1.807, 2.05) is 12.1 Å². The van der Waals surface area contributed by atoms with Gasteiger partial charge in [-0.1, -0.05) is 18.6 Å². The van der Waals surface area contributed by atoms with E-state index in [9.17, 15) is 14.4 Å². The molecule has 150 valence electrons. The summed E-state index contributed by atoms with van der Waals surface area (Å²) in [6, 6.07) is 5.95. The Labute approximate surface area is 165 Å². The van der Waals surface area contributed by atoms with Crippen molar-refractivity contribution < 1.29 is 14.4 Å². The number of fused-ring (bicyclic) bond motifs is 1. The van der Waals surface area contributed by atoms with E-state index in [-0.39, 0.29) is 30.2 Å². The molecule has 2 saturated heterocycles. The molecule has 3 amide bonds. The fraction of sp³-hybridized carbons (Fsp3) is 0.571. The van der Waals surface area contributed by atoms with E-state index in [0.29, 0.717) is 24.6 Å². The molecule has 0 bridgehead atoms. The number of likely N-dealkylation sites (tertiary alicyclic amines) is 1. The molecule has 3 aliphatic heterocycles. The van der Waals surface area contributed by atoms with Gasteiger partial charge in [-0.25, -0.2) is 0 Å². The molecule has 1 aromatic rings. The summed E-state index contributed by atoms with van der Waals surface area (Å²) in [5.41, 5.74) is 8.98. The molecule has 4 rings (SSSR count). The molecule has 7 nitrogen and oxygen atoms in total. The lowest BCUT2D eigenvalue weighted by atomic mass is 9.96. The predicted octanol–water partition coefficient (Wildman–Crippen LogP) is 1.15. The highest BCUT2D eigenvalue weighted by molar-refractivity contribution is 6.05. The third kappa shape index (κ3) is 3.56. The van der Waals surface area contributed by atoms with Crippen molar-refractivity contribution in [3.8, 4) is 0 Å². The van der Waals surface area contributed by atoms with E-state index in [4.69, 9.17) is 5.73 Å². The molecule has 28 heavy (non-hydrogen) atoms. The van der Waals surface area contributed by atoms with Crippen molar-refractivity contribution in [3.05, 3.63) is 34.9 Å². The average Bonchev–Trinajstić information content (AvgIpc) is 2.98. The highest BCUT2D eigenvalue weighted by Gasteiger charge is 2.39. The maximum Gasteiger partial charge on any atom is 0.255 e. The van der Waals surface area contributed by atoms with Gasteiger partial charge in [-0.3, -0.25) is 24.6 Å². The molecule has 3 aliphatic rings. The fourth-order valence-corrected chi connectivity index (χ4v) is 4.77. The zero-order chi connectivity index (χ0) is 19.8. The van der Waals surface area contributed by atoms with Crippen molar-refractivity contribution in [2.24, 2.45) is 5.73 Å². The van der Waals surface area contributed by atoms with Crippen LogP contribution in [0.25, 0.3) is 0 Å². The molecular formula is C21H28N4O3. The minimum Gasteiger partial charge on any atom is -0.327 e. The second-order valence-electron chi connectivity index (χ2n) is 8.28. The number of piperidine rings is 2. The van der Waals surface area contributed by atoms with Crippen LogP contribution < -0.4 is 11.1 Å². The third-order valence-corrected chi connectivity index (χ3v) is 6.24. The van der Waals surface area contributed by atoms with Crippen LogP contribution in [0.3, 0.4) is 0 Å². The average molecular weight is 384 g/mol. The van der Waals surface area contributed by atoms with Gasteiger partial charge < -0.3 is 10.6 Å². The molecule has 0 saturated carbocycles. The number of benzene rings is 1. The number of nitrogens with zero attached hydrogens (tertiary/aromatic N) is 2. The Kier molecular flexibility index (Phi) is 5.21. The monoisotopic (exact) mass is 384 g/mol. The lowest BCUT2D eigenvalue weighted by molar-refractivity contribution is -0.136. The van der Waals surface area contributed by atoms with Crippen LogP contribution in [-0.4, -0.2) is 52.2 Å². The minimum absolute atomic E-state index is 0.123. The van der Waals surface area contributed by atoms with Gasteiger partial charge in [0.2, 0.25) is 11.8 Å². The summed E-state index contributed by atoms with van der Waals surface area (Å²) in [5, 5.41) is 2.34. The summed E-state index contributed by atoms with van der Waals surface area (Å²) in [4.78, 5) is 40.4. The number of imide groups is 1. The number of nitrogens with two attached hydrogens (primary N) is 1. The first kappa shape index (κ1) is 19.1. The molecular weight excluding hydrogens is 356 g/mol. The summed E-state index contributed by atoms with van der Waals surface area (Å²) in [5.74, 6) is -0.758. The van der Waals surface area contributed by atoms with Crippen LogP contribution in [0, 0.1) is 0 Å². The first-order valence-corrected chi connectivity index (χ1v) is 10.2. The zero-order valence-electron chi connectivity index (χ0n) is 16.3. The highest BCUT2D eigenvalue weighted by Crippen LogP contribution is 2.29. The number of rotatable bonds is 4. The van der Waals surface area contributed by atoms with E-state index >= 15 is 0 Å². The maximum atomic E-state index is 12.8. The van der Waals surface area contributed by atoms with Crippen LogP contribution in [0.5, 0.6) is 0 Å². The molecule has 3 atom stereocenters. The quantitative estimate of drug-likeness (QED) is 0.759. The second-order valence-corrected chi connectivity index (χ2v) is 8.28. The fourth-order valence-electron chi connectivity index (χ4n) is 4.77. The van der Waals surface area contributed by atoms with E-state index in [1.165, 1.54) is 18.4 Å². The van der Waals surface area contributed by atoms with Crippen molar-refractivity contribution in [1.82, 2.24) is 15.1 Å². The van der Waals surface area contributed by atoms with Gasteiger partial charge in [0.15, 0.2) is 0 Å². The van der Waals surface area contributed by atoms with Crippen LogP contribution >= 0.6 is 0 Å². The predicted molar refractivity (Wildman–Crippen MR) is 104 cm³/mol. The number of carbonyl (C=O) groups is 3. The second kappa shape index (κ2) is 7.64. The number of carbonyl (C=O) groups excluding carboxylic acids is 3. The van der Waals surface area contributed by atoms with Crippen LogP contribution in [0.2, 0.25) is 0 Å². The van der Waals surface area contributed by atoms with Crippen molar-refractivity contribution in [2.75, 3.05) is 6.54 Å². The Bertz CT molecular complexity index is 807. The van der Waals surface area contributed by atoms with Gasteiger partial charge in [-0.2, -0.15) is 0 Å². The smallest absolute Gasteiger partial charge is 0.255 e. The Morgan fingerprint density at radius 1 is 1.21 bits per heavy atom. The third-order valence-electron chi connectivity index (χ3n) is 6.24. The molecule has 0 spiro atoms. The van der Waals surface area contributed by atoms with Gasteiger partial charge >= 0.3 is 0 Å². The first-order chi connectivity index (χ1) is 13.4. The van der Waals surface area contributed by atoms with E-state index < -0.39 is 6.04 Å². The first-order valence-electron chi connectivity index (χ1n) is 10.2. The molecule has 3 heterocycles. The molecule has 0 radical (unpaired) electrons. The van der Waals surface area contributed by atoms with Gasteiger partial charge in [-0.05, 0) is 49.9 Å². The van der Waals surface area contributed by atoms with Gasteiger partial charge in [0.25, 0.3) is 5.91 Å². The Balaban J connectivity index is 1.49. The summed E-state index contributed by atoms with van der Waals surface area (Å²) in [6.07, 6.45) is 4.21. The van der Waals surface area contributed by atoms with Gasteiger partial charge in [0.05, 0.1) is 0 Å². The molecule has 1 aromatic carbocycles. The summed E-state index contributed by atoms with van der Waals surface area (Å²) in [7, 11) is 0. The van der Waals surface area contributed by atoms with Crippen molar-refractivity contribution in [3.63, 3.8) is 0 Å². The molecule has 3 unspecified atom stereocenters. The number of nitrogens with one attached hydrogen (secondary N) is 1. The van der Waals surface area contributed by atoms with E-state index in [0.717, 1.165) is 25.1 Å². The van der Waals surface area contributed by atoms with Gasteiger partial charge in [0.1, 0.15) is 6.04 Å². The molecule has 2 fully saturated rings. The van der Waals surface area contributed by atoms with Crippen LogP contribution in [0.15, 0.2) is 18.2 Å². The molecule has 0 aromatic heterocycles. The number of amides is 3. The largest absolute Gasteiger partial charge is 0.327 e. The Morgan fingerprint density at radius 2 is 2.04 bits per heavy atom. The van der Waals surface area contributed by atoms with Crippen LogP contribution in [0.1, 0.15) is 60.5 Å². The van der Waals surface area contributed by atoms with Crippen molar-refractivity contribution in [1.29, 1.82) is 0 Å². The number of hydrogen-bond donors (Lipinski definition) is 2. The normalized spacial score (nSPS) is 26.9. The minimum atomic E-state index is -0.564. The Hall–Kier alpha value is -2.25. The summed E-state index contributed by atoms with van der Waals surface area (Å²) >= 11 is 0. The summed E-state index contributed by atoms with van der Waals surface area (Å²) in [6.45, 7) is 4.36. The van der Waals surface area contributed by atoms with Crippen molar-refractivity contribution in [2.45, 2.75) is 70.2 Å². The van der Waals surface area contributed by atoms with Crippen molar-refractivity contribution >= 4 is 17.7 Å². The van der Waals surface area contributed by atoms with Gasteiger partial charge in [0, 0.05) is 37.2 Å². The van der Waals surface area contributed by atoms with Crippen LogP contribution in [-0.2, 0) is 22.7 Å². The van der Waals surface area contributed by atoms with E-state index in [2.05, 4.69) is 23.2 Å². The topological polar surface area (TPSA) is 95.7 Å². The molecule has 3 N–H and O–H groups in total. The highest BCUT2D eigenvalue weighted by atomic mass is 16.2. The summed E-state index contributed by atoms with van der Waals surface area (Å²) < 4.78 is 0. The molecule has 0 aliphatic carbocycles. The molecule has 7 heteroatoms. The van der Waals surface area contributed by atoms with E-state index in [1.54, 1.807) is 4.90 Å². The van der Waals surface area contributed by atoms with Crippen LogP contribution in [0.4, 0.5) is 0 Å². The lowest BCUT2D eigenvalue weighted by Crippen LogP contribution is -2.52. The van der Waals surface area contributed by atoms with Gasteiger partial charge in [-0.15, -0.1) is 0 Å². The lowest BCUT2D eigenvalue weighted by Gasteiger charge is -2.38.